The molecule has 0 bridgehead atoms. The van der Waals surface area contributed by atoms with Crippen LogP contribution in [-0.2, 0) is 11.2 Å². The van der Waals surface area contributed by atoms with Crippen molar-refractivity contribution in [3.8, 4) is 10.7 Å². The molecule has 132 valence electrons. The van der Waals surface area contributed by atoms with Crippen LogP contribution in [0.15, 0.2) is 22.0 Å². The zero-order valence-corrected chi connectivity index (χ0v) is 15.1. The quantitative estimate of drug-likeness (QED) is 0.746. The molecule has 1 saturated heterocycles. The maximum absolute atomic E-state index is 11.8. The van der Waals surface area contributed by atoms with Crippen LogP contribution in [0.4, 0.5) is 0 Å². The zero-order valence-electron chi connectivity index (χ0n) is 13.5. The summed E-state index contributed by atoms with van der Waals surface area (Å²) in [6.45, 7) is 2.96. The molecule has 2 aromatic heterocycles. The summed E-state index contributed by atoms with van der Waals surface area (Å²) in [7, 11) is 0. The monoisotopic (exact) mass is 370 g/mol. The minimum absolute atomic E-state index is 0. The van der Waals surface area contributed by atoms with Crippen molar-refractivity contribution in [1.29, 1.82) is 0 Å². The average molecular weight is 371 g/mol. The van der Waals surface area contributed by atoms with Gasteiger partial charge in [-0.2, -0.15) is 4.98 Å². The smallest absolute Gasteiger partial charge is 0.226 e. The van der Waals surface area contributed by atoms with Gasteiger partial charge in [-0.05, 0) is 49.7 Å². The van der Waals surface area contributed by atoms with E-state index in [-0.39, 0.29) is 18.3 Å². The molecule has 8 heteroatoms. The Kier molecular flexibility index (Phi) is 7.68. The van der Waals surface area contributed by atoms with E-state index in [0.717, 1.165) is 37.4 Å². The first-order chi connectivity index (χ1) is 11.3. The first-order valence-corrected chi connectivity index (χ1v) is 9.03. The average Bonchev–Trinajstić information content (AvgIpc) is 3.29. The van der Waals surface area contributed by atoms with Crippen molar-refractivity contribution >= 4 is 29.7 Å². The number of amides is 1. The van der Waals surface area contributed by atoms with Gasteiger partial charge in [0.15, 0.2) is 0 Å². The molecule has 0 aromatic carbocycles. The standard InChI is InChI=1S/C16H22N4O2S.ClH/c21-14(18-9-7-12-6-8-17-11-12)4-1-5-15-19-16(20-22-15)13-3-2-10-23-13;/h2-3,10,12,17H,1,4-9,11H2,(H,18,21);1H. The Morgan fingerprint density at radius 1 is 1.50 bits per heavy atom. The molecule has 1 atom stereocenters. The van der Waals surface area contributed by atoms with Crippen molar-refractivity contribution in [2.75, 3.05) is 19.6 Å². The lowest BCUT2D eigenvalue weighted by Crippen LogP contribution is -2.26. The van der Waals surface area contributed by atoms with Gasteiger partial charge < -0.3 is 15.2 Å². The van der Waals surface area contributed by atoms with Gasteiger partial charge in [0.1, 0.15) is 0 Å². The van der Waals surface area contributed by atoms with Gasteiger partial charge in [-0.15, -0.1) is 23.7 Å². The van der Waals surface area contributed by atoms with E-state index in [1.54, 1.807) is 11.3 Å². The number of aryl methyl sites for hydroxylation is 1. The van der Waals surface area contributed by atoms with Crippen molar-refractivity contribution < 1.29 is 9.32 Å². The SMILES string of the molecule is Cl.O=C(CCCc1nc(-c2cccs2)no1)NCCC1CCNC1. The lowest BCUT2D eigenvalue weighted by atomic mass is 10.1. The summed E-state index contributed by atoms with van der Waals surface area (Å²) >= 11 is 1.58. The molecule has 3 heterocycles. The van der Waals surface area contributed by atoms with Crippen LogP contribution in [0.3, 0.4) is 0 Å². The summed E-state index contributed by atoms with van der Waals surface area (Å²) in [6.07, 6.45) is 4.15. The highest BCUT2D eigenvalue weighted by Crippen LogP contribution is 2.21. The summed E-state index contributed by atoms with van der Waals surface area (Å²) in [4.78, 5) is 17.2. The Morgan fingerprint density at radius 3 is 3.17 bits per heavy atom. The second-order valence-electron chi connectivity index (χ2n) is 5.84. The molecule has 0 spiro atoms. The fourth-order valence-corrected chi connectivity index (χ4v) is 3.38. The number of nitrogens with one attached hydrogen (secondary N) is 2. The third-order valence-corrected chi connectivity index (χ3v) is 4.91. The van der Waals surface area contributed by atoms with E-state index >= 15 is 0 Å². The lowest BCUT2D eigenvalue weighted by Gasteiger charge is -2.08. The van der Waals surface area contributed by atoms with Crippen molar-refractivity contribution in [2.45, 2.75) is 32.1 Å². The molecule has 1 fully saturated rings. The molecule has 0 aliphatic carbocycles. The van der Waals surface area contributed by atoms with Gasteiger partial charge >= 0.3 is 0 Å². The number of nitrogens with zero attached hydrogens (tertiary/aromatic N) is 2. The highest BCUT2D eigenvalue weighted by molar-refractivity contribution is 7.13. The van der Waals surface area contributed by atoms with Crippen LogP contribution in [0, 0.1) is 5.92 Å². The molecule has 3 rings (SSSR count). The number of thiophene rings is 1. The largest absolute Gasteiger partial charge is 0.356 e. The Bertz CT molecular complexity index is 611. The molecule has 1 amide bonds. The number of rotatable bonds is 8. The van der Waals surface area contributed by atoms with Gasteiger partial charge in [-0.3, -0.25) is 4.79 Å². The first kappa shape index (κ1) is 18.9. The lowest BCUT2D eigenvalue weighted by molar-refractivity contribution is -0.121. The Labute approximate surface area is 151 Å². The summed E-state index contributed by atoms with van der Waals surface area (Å²) in [5.41, 5.74) is 0. The molecule has 0 saturated carbocycles. The summed E-state index contributed by atoms with van der Waals surface area (Å²) in [5.74, 6) is 2.04. The van der Waals surface area contributed by atoms with E-state index in [2.05, 4.69) is 20.8 Å². The minimum atomic E-state index is 0. The zero-order chi connectivity index (χ0) is 15.9. The van der Waals surface area contributed by atoms with Crippen LogP contribution < -0.4 is 10.6 Å². The second-order valence-corrected chi connectivity index (χ2v) is 6.79. The number of aromatic nitrogens is 2. The van der Waals surface area contributed by atoms with Gasteiger partial charge in [0.2, 0.25) is 17.6 Å². The molecule has 2 N–H and O–H groups in total. The molecule has 1 aliphatic heterocycles. The third-order valence-electron chi connectivity index (χ3n) is 4.04. The molecule has 2 aromatic rings. The van der Waals surface area contributed by atoms with Gasteiger partial charge in [-0.1, -0.05) is 11.2 Å². The molecular formula is C16H23ClN4O2S. The molecular weight excluding hydrogens is 348 g/mol. The Balaban J connectivity index is 0.00000208. The molecule has 24 heavy (non-hydrogen) atoms. The maximum Gasteiger partial charge on any atom is 0.226 e. The van der Waals surface area contributed by atoms with E-state index < -0.39 is 0 Å². The number of carbonyl (C=O) groups excluding carboxylic acids is 1. The number of hydrogen-bond acceptors (Lipinski definition) is 6. The van der Waals surface area contributed by atoms with E-state index in [4.69, 9.17) is 4.52 Å². The number of halogens is 1. The number of carbonyl (C=O) groups is 1. The maximum atomic E-state index is 11.8. The van der Waals surface area contributed by atoms with E-state index in [1.807, 2.05) is 17.5 Å². The van der Waals surface area contributed by atoms with Crippen LogP contribution in [0.1, 0.15) is 31.6 Å². The Hall–Kier alpha value is -1.44. The van der Waals surface area contributed by atoms with Crippen molar-refractivity contribution in [3.05, 3.63) is 23.4 Å². The molecule has 1 aliphatic rings. The summed E-state index contributed by atoms with van der Waals surface area (Å²) in [6, 6.07) is 3.93. The van der Waals surface area contributed by atoms with Crippen LogP contribution in [0.5, 0.6) is 0 Å². The van der Waals surface area contributed by atoms with Crippen LogP contribution in [0.2, 0.25) is 0 Å². The van der Waals surface area contributed by atoms with Crippen molar-refractivity contribution in [2.24, 2.45) is 5.92 Å². The minimum Gasteiger partial charge on any atom is -0.356 e. The highest BCUT2D eigenvalue weighted by atomic mass is 35.5. The van der Waals surface area contributed by atoms with Crippen LogP contribution >= 0.6 is 23.7 Å². The van der Waals surface area contributed by atoms with E-state index in [0.29, 0.717) is 30.5 Å². The van der Waals surface area contributed by atoms with Gasteiger partial charge in [-0.25, -0.2) is 0 Å². The first-order valence-electron chi connectivity index (χ1n) is 8.15. The predicted molar refractivity (Wildman–Crippen MR) is 96.4 cm³/mol. The van der Waals surface area contributed by atoms with Crippen LogP contribution in [-0.4, -0.2) is 35.7 Å². The fourth-order valence-electron chi connectivity index (χ4n) is 2.73. The second kappa shape index (κ2) is 9.76. The Morgan fingerprint density at radius 2 is 2.42 bits per heavy atom. The molecule has 1 unspecified atom stereocenters. The molecule has 0 radical (unpaired) electrons. The van der Waals surface area contributed by atoms with Crippen molar-refractivity contribution in [1.82, 2.24) is 20.8 Å². The van der Waals surface area contributed by atoms with E-state index in [1.165, 1.54) is 6.42 Å². The third kappa shape index (κ3) is 5.58. The van der Waals surface area contributed by atoms with Crippen LogP contribution in [0.25, 0.3) is 10.7 Å². The topological polar surface area (TPSA) is 80.0 Å². The van der Waals surface area contributed by atoms with Crippen molar-refractivity contribution in [3.63, 3.8) is 0 Å². The summed E-state index contributed by atoms with van der Waals surface area (Å²) < 4.78 is 5.23. The van der Waals surface area contributed by atoms with Gasteiger partial charge in [0.05, 0.1) is 4.88 Å². The van der Waals surface area contributed by atoms with Gasteiger partial charge in [0.25, 0.3) is 0 Å². The molecule has 6 nitrogen and oxygen atoms in total. The highest BCUT2D eigenvalue weighted by Gasteiger charge is 2.14. The summed E-state index contributed by atoms with van der Waals surface area (Å²) in [5, 5.41) is 12.3. The predicted octanol–water partition coefficient (Wildman–Crippen LogP) is 2.66. The van der Waals surface area contributed by atoms with Gasteiger partial charge in [0, 0.05) is 19.4 Å². The van der Waals surface area contributed by atoms with E-state index in [9.17, 15) is 4.79 Å². The number of hydrogen-bond donors (Lipinski definition) is 2. The fraction of sp³-hybridized carbons (Fsp3) is 0.562. The normalized spacial score (nSPS) is 16.8.